The van der Waals surface area contributed by atoms with Gasteiger partial charge in [0.15, 0.2) is 0 Å². The second-order valence-electron chi connectivity index (χ2n) is 5.56. The minimum Gasteiger partial charge on any atom is -0.308 e. The molecule has 0 bridgehead atoms. The van der Waals surface area contributed by atoms with Crippen molar-refractivity contribution in [3.63, 3.8) is 0 Å². The summed E-state index contributed by atoms with van der Waals surface area (Å²) >= 11 is 0. The van der Waals surface area contributed by atoms with E-state index < -0.39 is 0 Å². The maximum absolute atomic E-state index is 12.0. The van der Waals surface area contributed by atoms with Gasteiger partial charge in [-0.1, -0.05) is 37.3 Å². The summed E-state index contributed by atoms with van der Waals surface area (Å²) in [6, 6.07) is 14.7. The first-order valence-corrected chi connectivity index (χ1v) is 7.82. The predicted octanol–water partition coefficient (Wildman–Crippen LogP) is 4.55. The van der Waals surface area contributed by atoms with Gasteiger partial charge in [-0.3, -0.25) is 4.79 Å². The van der Waals surface area contributed by atoms with Crippen LogP contribution >= 0.6 is 0 Å². The summed E-state index contributed by atoms with van der Waals surface area (Å²) in [4.78, 5) is 23.6. The summed E-state index contributed by atoms with van der Waals surface area (Å²) in [7, 11) is 0. The quantitative estimate of drug-likeness (QED) is 0.822. The number of amides is 2. The molecule has 0 heterocycles. The van der Waals surface area contributed by atoms with E-state index in [9.17, 15) is 9.59 Å². The number of hydrogen-bond donors (Lipinski definition) is 2. The minimum atomic E-state index is -0.283. The van der Waals surface area contributed by atoms with Gasteiger partial charge in [-0.15, -0.1) is 0 Å². The molecule has 0 saturated heterocycles. The third-order valence-electron chi connectivity index (χ3n) is 3.54. The van der Waals surface area contributed by atoms with Gasteiger partial charge in [0.2, 0.25) is 0 Å². The molecule has 0 aliphatic carbocycles. The summed E-state index contributed by atoms with van der Waals surface area (Å²) in [6.45, 7) is 3.94. The maximum Gasteiger partial charge on any atom is 0.323 e. The number of rotatable bonds is 6. The van der Waals surface area contributed by atoms with Crippen molar-refractivity contribution in [1.29, 1.82) is 0 Å². The molecule has 4 nitrogen and oxygen atoms in total. The van der Waals surface area contributed by atoms with E-state index >= 15 is 0 Å². The molecule has 2 aromatic carbocycles. The van der Waals surface area contributed by atoms with Gasteiger partial charge in [0.25, 0.3) is 0 Å². The third-order valence-corrected chi connectivity index (χ3v) is 3.54. The first kappa shape index (κ1) is 16.7. The van der Waals surface area contributed by atoms with Gasteiger partial charge < -0.3 is 10.6 Å². The molecule has 2 amide bonds. The fourth-order valence-corrected chi connectivity index (χ4v) is 2.30. The molecule has 0 atom stereocenters. The molecule has 0 aliphatic rings. The van der Waals surface area contributed by atoms with Gasteiger partial charge in [0, 0.05) is 24.2 Å². The van der Waals surface area contributed by atoms with Gasteiger partial charge in [0.05, 0.1) is 0 Å². The molecule has 0 saturated carbocycles. The van der Waals surface area contributed by atoms with Crippen molar-refractivity contribution in [2.75, 3.05) is 10.6 Å². The number of Topliss-reactive ketones (excluding diaryl/α,β-unsaturated/α-hetero) is 1. The summed E-state index contributed by atoms with van der Waals surface area (Å²) in [5.74, 6) is 0.241. The number of ketones is 1. The number of carbonyl (C=O) groups is 2. The molecular weight excluding hydrogens is 288 g/mol. The van der Waals surface area contributed by atoms with E-state index in [1.54, 1.807) is 0 Å². The SMILES string of the molecule is CCCC(=O)Cc1ccc(NC(=O)Nc2ccccc2C)cc1. The van der Waals surface area contributed by atoms with Crippen molar-refractivity contribution in [2.45, 2.75) is 33.1 Å². The average Bonchev–Trinajstić information content (AvgIpc) is 2.52. The molecule has 0 spiro atoms. The Morgan fingerprint density at radius 1 is 0.957 bits per heavy atom. The normalized spacial score (nSPS) is 10.2. The van der Waals surface area contributed by atoms with Gasteiger partial charge in [-0.2, -0.15) is 0 Å². The lowest BCUT2D eigenvalue weighted by molar-refractivity contribution is -0.118. The summed E-state index contributed by atoms with van der Waals surface area (Å²) in [6.07, 6.45) is 1.93. The van der Waals surface area contributed by atoms with E-state index in [1.807, 2.05) is 62.4 Å². The minimum absolute atomic E-state index is 0.241. The highest BCUT2D eigenvalue weighted by atomic mass is 16.2. The molecule has 0 unspecified atom stereocenters. The first-order valence-electron chi connectivity index (χ1n) is 7.82. The second-order valence-corrected chi connectivity index (χ2v) is 5.56. The number of nitrogens with one attached hydrogen (secondary N) is 2. The number of carbonyl (C=O) groups excluding carboxylic acids is 2. The van der Waals surface area contributed by atoms with Crippen LogP contribution in [0.3, 0.4) is 0 Å². The van der Waals surface area contributed by atoms with Crippen LogP contribution in [0, 0.1) is 6.92 Å². The Hall–Kier alpha value is -2.62. The lowest BCUT2D eigenvalue weighted by Crippen LogP contribution is -2.19. The largest absolute Gasteiger partial charge is 0.323 e. The highest BCUT2D eigenvalue weighted by Gasteiger charge is 2.06. The molecule has 0 aromatic heterocycles. The molecule has 23 heavy (non-hydrogen) atoms. The van der Waals surface area contributed by atoms with Crippen LogP contribution in [-0.4, -0.2) is 11.8 Å². The van der Waals surface area contributed by atoms with Crippen molar-refractivity contribution in [2.24, 2.45) is 0 Å². The first-order chi connectivity index (χ1) is 11.1. The number of aryl methyl sites for hydroxylation is 1. The summed E-state index contributed by atoms with van der Waals surface area (Å²) < 4.78 is 0. The standard InChI is InChI=1S/C19H22N2O2/c1-3-6-17(22)13-15-9-11-16(12-10-15)20-19(23)21-18-8-5-4-7-14(18)2/h4-5,7-12H,3,6,13H2,1-2H3,(H2,20,21,23). The molecule has 120 valence electrons. The van der Waals surface area contributed by atoms with E-state index in [4.69, 9.17) is 0 Å². The highest BCUT2D eigenvalue weighted by Crippen LogP contribution is 2.15. The van der Waals surface area contributed by atoms with Gasteiger partial charge >= 0.3 is 6.03 Å². The Kier molecular flexibility index (Phi) is 5.92. The topological polar surface area (TPSA) is 58.2 Å². The van der Waals surface area contributed by atoms with Crippen molar-refractivity contribution < 1.29 is 9.59 Å². The Balaban J connectivity index is 1.91. The smallest absolute Gasteiger partial charge is 0.308 e. The summed E-state index contributed by atoms with van der Waals surface area (Å²) in [5.41, 5.74) is 3.45. The lowest BCUT2D eigenvalue weighted by atomic mass is 10.1. The lowest BCUT2D eigenvalue weighted by Gasteiger charge is -2.10. The van der Waals surface area contributed by atoms with Gasteiger partial charge in [0.1, 0.15) is 5.78 Å². The van der Waals surface area contributed by atoms with Crippen LogP contribution in [0.25, 0.3) is 0 Å². The Morgan fingerprint density at radius 3 is 2.30 bits per heavy atom. The summed E-state index contributed by atoms with van der Waals surface area (Å²) in [5, 5.41) is 5.61. The van der Waals surface area contributed by atoms with Crippen molar-refractivity contribution in [1.82, 2.24) is 0 Å². The molecule has 2 rings (SSSR count). The molecule has 4 heteroatoms. The van der Waals surface area contributed by atoms with Gasteiger partial charge in [-0.25, -0.2) is 4.79 Å². The average molecular weight is 310 g/mol. The molecule has 2 N–H and O–H groups in total. The zero-order valence-corrected chi connectivity index (χ0v) is 13.6. The van der Waals surface area contributed by atoms with Crippen LogP contribution in [0.5, 0.6) is 0 Å². The number of hydrogen-bond acceptors (Lipinski definition) is 2. The number of urea groups is 1. The monoisotopic (exact) mass is 310 g/mol. The predicted molar refractivity (Wildman–Crippen MR) is 93.9 cm³/mol. The number of benzene rings is 2. The van der Waals surface area contributed by atoms with Crippen LogP contribution in [-0.2, 0) is 11.2 Å². The maximum atomic E-state index is 12.0. The van der Waals surface area contributed by atoms with Crippen molar-refractivity contribution in [3.8, 4) is 0 Å². The zero-order valence-electron chi connectivity index (χ0n) is 13.6. The van der Waals surface area contributed by atoms with Crippen molar-refractivity contribution in [3.05, 3.63) is 59.7 Å². The number of anilines is 2. The van der Waals surface area contributed by atoms with Crippen LogP contribution < -0.4 is 10.6 Å². The van der Waals surface area contributed by atoms with E-state index in [-0.39, 0.29) is 11.8 Å². The van der Waals surface area contributed by atoms with Crippen LogP contribution in [0.15, 0.2) is 48.5 Å². The molecule has 0 aliphatic heterocycles. The zero-order chi connectivity index (χ0) is 16.7. The molecule has 2 aromatic rings. The highest BCUT2D eigenvalue weighted by molar-refractivity contribution is 6.00. The third kappa shape index (κ3) is 5.25. The fraction of sp³-hybridized carbons (Fsp3) is 0.263. The Labute approximate surface area is 136 Å². The van der Waals surface area contributed by atoms with Gasteiger partial charge in [-0.05, 0) is 42.7 Å². The van der Waals surface area contributed by atoms with Crippen LogP contribution in [0.1, 0.15) is 30.9 Å². The van der Waals surface area contributed by atoms with E-state index in [2.05, 4.69) is 10.6 Å². The molecular formula is C19H22N2O2. The van der Waals surface area contributed by atoms with E-state index in [1.165, 1.54) is 0 Å². The Bertz CT molecular complexity index is 678. The van der Waals surface area contributed by atoms with Crippen LogP contribution in [0.2, 0.25) is 0 Å². The molecule has 0 fully saturated rings. The van der Waals surface area contributed by atoms with Crippen LogP contribution in [0.4, 0.5) is 16.2 Å². The van der Waals surface area contributed by atoms with E-state index in [0.717, 1.165) is 23.2 Å². The fourth-order valence-electron chi connectivity index (χ4n) is 2.30. The van der Waals surface area contributed by atoms with Crippen molar-refractivity contribution >= 4 is 23.2 Å². The van der Waals surface area contributed by atoms with E-state index in [0.29, 0.717) is 18.5 Å². The number of para-hydroxylation sites is 1. The molecule has 0 radical (unpaired) electrons. The second kappa shape index (κ2) is 8.13. The Morgan fingerprint density at radius 2 is 1.65 bits per heavy atom.